The number of nitrogens with two attached hydrogens (primary N) is 1. The van der Waals surface area contributed by atoms with Crippen molar-refractivity contribution in [2.75, 3.05) is 30.3 Å². The number of nitrogens with zero attached hydrogens (tertiary/aromatic N) is 3. The number of aromatic nitrogens is 2. The van der Waals surface area contributed by atoms with Crippen molar-refractivity contribution in [1.82, 2.24) is 9.97 Å². The van der Waals surface area contributed by atoms with Gasteiger partial charge in [0.05, 0.1) is 24.5 Å². The fraction of sp³-hybridized carbons (Fsp3) is 0.692. The molecule has 116 valence electrons. The quantitative estimate of drug-likeness (QED) is 0.652. The molecule has 3 rings (SSSR count). The van der Waals surface area contributed by atoms with Crippen molar-refractivity contribution >= 4 is 11.8 Å². The average Bonchev–Trinajstić information content (AvgIpc) is 2.49. The van der Waals surface area contributed by atoms with E-state index in [9.17, 15) is 14.6 Å². The van der Waals surface area contributed by atoms with Crippen LogP contribution >= 0.6 is 0 Å². The number of nitrogen functional groups attached to an aromatic ring is 1. The number of halogens is 1. The number of piperidine rings is 1. The molecule has 4 N–H and O–H groups in total. The molecule has 2 fully saturated rings. The fourth-order valence-corrected chi connectivity index (χ4v) is 3.03. The van der Waals surface area contributed by atoms with E-state index >= 15 is 0 Å². The van der Waals surface area contributed by atoms with Gasteiger partial charge >= 0.3 is 0 Å². The van der Waals surface area contributed by atoms with Crippen LogP contribution in [0.2, 0.25) is 0 Å². The Morgan fingerprint density at radius 1 is 1.38 bits per heavy atom. The number of rotatable bonds is 1. The van der Waals surface area contributed by atoms with Crippen LogP contribution in [0.5, 0.6) is 0 Å². The summed E-state index contributed by atoms with van der Waals surface area (Å²) in [5.74, 6) is -0.444. The first-order chi connectivity index (χ1) is 10.0. The Kier molecular flexibility index (Phi) is 3.68. The molecule has 0 aliphatic carbocycles. The number of hydrogen-bond donors (Lipinski definition) is 3. The molecule has 0 saturated carbocycles. The van der Waals surface area contributed by atoms with Gasteiger partial charge in [0.2, 0.25) is 5.95 Å². The normalized spacial score (nSPS) is 28.8. The van der Waals surface area contributed by atoms with Crippen LogP contribution in [0.4, 0.5) is 16.2 Å². The molecular weight excluding hydrogens is 279 g/mol. The SMILES string of the molecule is Nc1nc(N2CCC3(CC2)OCC[C@H](O)[C@@H]3O)ncc1F. The first-order valence-corrected chi connectivity index (χ1v) is 7.05. The Morgan fingerprint density at radius 3 is 2.76 bits per heavy atom. The summed E-state index contributed by atoms with van der Waals surface area (Å²) in [6.45, 7) is 1.54. The summed E-state index contributed by atoms with van der Waals surface area (Å²) in [4.78, 5) is 9.74. The Morgan fingerprint density at radius 2 is 2.10 bits per heavy atom. The van der Waals surface area contributed by atoms with E-state index in [1.807, 2.05) is 4.90 Å². The fourth-order valence-electron chi connectivity index (χ4n) is 3.03. The topological polar surface area (TPSA) is 105 Å². The van der Waals surface area contributed by atoms with Gasteiger partial charge in [-0.3, -0.25) is 0 Å². The van der Waals surface area contributed by atoms with Gasteiger partial charge in [-0.2, -0.15) is 4.98 Å². The summed E-state index contributed by atoms with van der Waals surface area (Å²) in [6.07, 6.45) is 0.968. The molecule has 0 bridgehead atoms. The number of anilines is 2. The monoisotopic (exact) mass is 298 g/mol. The smallest absolute Gasteiger partial charge is 0.227 e. The van der Waals surface area contributed by atoms with Crippen LogP contribution in [0.15, 0.2) is 6.20 Å². The lowest BCUT2D eigenvalue weighted by Gasteiger charge is -2.48. The van der Waals surface area contributed by atoms with Crippen LogP contribution in [-0.4, -0.2) is 57.7 Å². The van der Waals surface area contributed by atoms with Crippen LogP contribution < -0.4 is 10.6 Å². The Balaban J connectivity index is 1.71. The molecule has 2 atom stereocenters. The average molecular weight is 298 g/mol. The highest BCUT2D eigenvalue weighted by molar-refractivity contribution is 5.39. The Labute approximate surface area is 121 Å². The van der Waals surface area contributed by atoms with E-state index in [1.165, 1.54) is 0 Å². The summed E-state index contributed by atoms with van der Waals surface area (Å²) in [6, 6.07) is 0. The van der Waals surface area contributed by atoms with E-state index in [-0.39, 0.29) is 5.82 Å². The van der Waals surface area contributed by atoms with Crippen LogP contribution in [0, 0.1) is 5.82 Å². The molecule has 0 amide bonds. The van der Waals surface area contributed by atoms with Crippen molar-refractivity contribution in [3.05, 3.63) is 12.0 Å². The first kappa shape index (κ1) is 14.4. The van der Waals surface area contributed by atoms with Gasteiger partial charge in [-0.15, -0.1) is 0 Å². The van der Waals surface area contributed by atoms with E-state index < -0.39 is 23.6 Å². The molecule has 7 nitrogen and oxygen atoms in total. The molecule has 0 unspecified atom stereocenters. The molecule has 2 aliphatic rings. The number of aliphatic hydroxyl groups is 2. The molecule has 1 aromatic rings. The molecule has 1 aromatic heterocycles. The number of aliphatic hydroxyl groups excluding tert-OH is 2. The maximum Gasteiger partial charge on any atom is 0.227 e. The van der Waals surface area contributed by atoms with Crippen molar-refractivity contribution < 1.29 is 19.3 Å². The van der Waals surface area contributed by atoms with Gasteiger partial charge in [0, 0.05) is 13.1 Å². The molecule has 8 heteroatoms. The highest BCUT2D eigenvalue weighted by Crippen LogP contribution is 2.36. The summed E-state index contributed by atoms with van der Waals surface area (Å²) in [7, 11) is 0. The minimum atomic E-state index is -0.882. The van der Waals surface area contributed by atoms with Crippen molar-refractivity contribution in [2.45, 2.75) is 37.1 Å². The molecule has 2 saturated heterocycles. The second kappa shape index (κ2) is 5.36. The van der Waals surface area contributed by atoms with Gasteiger partial charge in [0.1, 0.15) is 6.10 Å². The molecule has 0 radical (unpaired) electrons. The lowest BCUT2D eigenvalue weighted by Crippen LogP contribution is -2.60. The molecule has 2 aliphatic heterocycles. The second-order valence-corrected chi connectivity index (χ2v) is 5.60. The van der Waals surface area contributed by atoms with Crippen molar-refractivity contribution in [2.24, 2.45) is 0 Å². The van der Waals surface area contributed by atoms with Crippen LogP contribution in [0.1, 0.15) is 19.3 Å². The maximum absolute atomic E-state index is 13.1. The Hall–Kier alpha value is -1.51. The summed E-state index contributed by atoms with van der Waals surface area (Å²) in [5.41, 5.74) is 4.74. The van der Waals surface area contributed by atoms with Crippen LogP contribution in [-0.2, 0) is 4.74 Å². The van der Waals surface area contributed by atoms with E-state index in [0.29, 0.717) is 44.9 Å². The Bertz CT molecular complexity index is 522. The minimum Gasteiger partial charge on any atom is -0.390 e. The predicted molar refractivity (Wildman–Crippen MR) is 73.2 cm³/mol. The molecular formula is C13H19FN4O3. The van der Waals surface area contributed by atoms with Gasteiger partial charge in [-0.1, -0.05) is 0 Å². The molecule has 21 heavy (non-hydrogen) atoms. The van der Waals surface area contributed by atoms with Gasteiger partial charge in [0.25, 0.3) is 0 Å². The second-order valence-electron chi connectivity index (χ2n) is 5.60. The zero-order valence-electron chi connectivity index (χ0n) is 11.6. The van der Waals surface area contributed by atoms with E-state index in [0.717, 1.165) is 6.20 Å². The first-order valence-electron chi connectivity index (χ1n) is 7.05. The highest BCUT2D eigenvalue weighted by Gasteiger charge is 2.47. The van der Waals surface area contributed by atoms with E-state index in [1.54, 1.807) is 0 Å². The predicted octanol–water partition coefficient (Wildman–Crippen LogP) is -0.321. The zero-order chi connectivity index (χ0) is 15.0. The van der Waals surface area contributed by atoms with Gasteiger partial charge in [0.15, 0.2) is 11.6 Å². The molecule has 1 spiro atoms. The summed E-state index contributed by atoms with van der Waals surface area (Å²) >= 11 is 0. The standard InChI is InChI=1S/C13H19FN4O3/c14-8-7-16-12(17-11(8)15)18-4-2-13(3-5-18)10(20)9(19)1-6-21-13/h7,9-10,19-20H,1-6H2,(H2,15,16,17)/t9-,10-/m0/s1. The third-order valence-electron chi connectivity index (χ3n) is 4.36. The van der Waals surface area contributed by atoms with Crippen molar-refractivity contribution in [3.8, 4) is 0 Å². The molecule has 0 aromatic carbocycles. The lowest BCUT2D eigenvalue weighted by atomic mass is 9.81. The van der Waals surface area contributed by atoms with Gasteiger partial charge < -0.3 is 25.6 Å². The number of hydrogen-bond acceptors (Lipinski definition) is 7. The van der Waals surface area contributed by atoms with Crippen LogP contribution in [0.25, 0.3) is 0 Å². The zero-order valence-corrected chi connectivity index (χ0v) is 11.6. The minimum absolute atomic E-state index is 0.176. The third kappa shape index (κ3) is 2.54. The van der Waals surface area contributed by atoms with Crippen LogP contribution in [0.3, 0.4) is 0 Å². The van der Waals surface area contributed by atoms with Crippen molar-refractivity contribution in [3.63, 3.8) is 0 Å². The summed E-state index contributed by atoms with van der Waals surface area (Å²) < 4.78 is 18.9. The number of ether oxygens (including phenoxy) is 1. The molecule has 3 heterocycles. The maximum atomic E-state index is 13.1. The summed E-state index contributed by atoms with van der Waals surface area (Å²) in [5, 5.41) is 20.0. The van der Waals surface area contributed by atoms with Crippen molar-refractivity contribution in [1.29, 1.82) is 0 Å². The largest absolute Gasteiger partial charge is 0.390 e. The van der Waals surface area contributed by atoms with E-state index in [4.69, 9.17) is 10.5 Å². The highest BCUT2D eigenvalue weighted by atomic mass is 19.1. The third-order valence-corrected chi connectivity index (χ3v) is 4.36. The van der Waals surface area contributed by atoms with Gasteiger partial charge in [-0.05, 0) is 19.3 Å². The van der Waals surface area contributed by atoms with Gasteiger partial charge in [-0.25, -0.2) is 9.37 Å². The lowest BCUT2D eigenvalue weighted by molar-refractivity contribution is -0.205. The van der Waals surface area contributed by atoms with E-state index in [2.05, 4.69) is 9.97 Å².